The van der Waals surface area contributed by atoms with Crippen molar-refractivity contribution in [2.75, 3.05) is 24.7 Å². The fraction of sp³-hybridized carbons (Fsp3) is 0.467. The quantitative estimate of drug-likeness (QED) is 0.878. The van der Waals surface area contributed by atoms with Crippen LogP contribution in [0.1, 0.15) is 18.4 Å². The Morgan fingerprint density at radius 3 is 2.92 bits per heavy atom. The highest BCUT2D eigenvalue weighted by molar-refractivity contribution is 7.88. The molecule has 0 saturated carbocycles. The summed E-state index contributed by atoms with van der Waals surface area (Å²) in [5.74, 6) is -0.545. The minimum Gasteiger partial charge on any atom is -0.302 e. The largest absolute Gasteiger partial charge is 0.302 e. The van der Waals surface area contributed by atoms with Crippen LogP contribution in [0.2, 0.25) is 5.02 Å². The van der Waals surface area contributed by atoms with E-state index in [2.05, 4.69) is 10.3 Å². The highest BCUT2D eigenvalue weighted by Gasteiger charge is 2.30. The van der Waals surface area contributed by atoms with Crippen LogP contribution >= 0.6 is 22.9 Å². The Kier molecular flexibility index (Phi) is 4.83. The molecule has 1 aliphatic rings. The molecule has 24 heavy (non-hydrogen) atoms. The first kappa shape index (κ1) is 17.6. The van der Waals surface area contributed by atoms with Gasteiger partial charge < -0.3 is 5.32 Å². The maximum atomic E-state index is 12.5. The molecule has 1 saturated heterocycles. The Morgan fingerprint density at radius 1 is 1.46 bits per heavy atom. The number of amides is 1. The van der Waals surface area contributed by atoms with Crippen LogP contribution < -0.4 is 5.32 Å². The summed E-state index contributed by atoms with van der Waals surface area (Å²) in [6, 6.07) is 3.69. The molecule has 3 rings (SSSR count). The second-order valence-electron chi connectivity index (χ2n) is 5.99. The number of carbonyl (C=O) groups is 1. The molecule has 1 unspecified atom stereocenters. The summed E-state index contributed by atoms with van der Waals surface area (Å²) < 4.78 is 25.7. The molecule has 1 amide bonds. The topological polar surface area (TPSA) is 79.4 Å². The number of carbonyl (C=O) groups excluding carboxylic acids is 1. The fourth-order valence-electron chi connectivity index (χ4n) is 2.82. The normalized spacial score (nSPS) is 19.5. The third-order valence-electron chi connectivity index (χ3n) is 4.20. The molecule has 1 atom stereocenters. The zero-order valence-electron chi connectivity index (χ0n) is 13.4. The van der Waals surface area contributed by atoms with Crippen LogP contribution in [-0.4, -0.2) is 43.0 Å². The summed E-state index contributed by atoms with van der Waals surface area (Å²) in [7, 11) is -3.27. The van der Waals surface area contributed by atoms with Gasteiger partial charge in [0.05, 0.1) is 22.4 Å². The molecule has 1 aliphatic heterocycles. The molecule has 1 N–H and O–H groups in total. The lowest BCUT2D eigenvalue weighted by Gasteiger charge is -2.29. The van der Waals surface area contributed by atoms with Crippen molar-refractivity contribution >= 4 is 54.2 Å². The number of aryl methyl sites for hydroxylation is 1. The van der Waals surface area contributed by atoms with Gasteiger partial charge in [-0.2, -0.15) is 0 Å². The van der Waals surface area contributed by atoms with E-state index < -0.39 is 10.0 Å². The van der Waals surface area contributed by atoms with Gasteiger partial charge in [-0.05, 0) is 37.5 Å². The van der Waals surface area contributed by atoms with Crippen molar-refractivity contribution in [3.8, 4) is 0 Å². The summed E-state index contributed by atoms with van der Waals surface area (Å²) in [6.45, 7) is 2.59. The highest BCUT2D eigenvalue weighted by atomic mass is 35.5. The molecule has 130 valence electrons. The van der Waals surface area contributed by atoms with Gasteiger partial charge in [-0.15, -0.1) is 0 Å². The number of fused-ring (bicyclic) bond motifs is 1. The Bertz CT molecular complexity index is 895. The SMILES string of the molecule is Cc1c(Cl)ccc2sc(NC(=O)C3CCCN(S(C)(=O)=O)C3)nc12. The molecular formula is C15H18ClN3O3S2. The summed E-state index contributed by atoms with van der Waals surface area (Å²) in [4.78, 5) is 16.9. The van der Waals surface area contributed by atoms with Crippen LogP contribution in [0.5, 0.6) is 0 Å². The van der Waals surface area contributed by atoms with Gasteiger partial charge >= 0.3 is 0 Å². The Hall–Kier alpha value is -1.22. The first-order chi connectivity index (χ1) is 11.3. The Morgan fingerprint density at radius 2 is 2.21 bits per heavy atom. The fourth-order valence-corrected chi connectivity index (χ4v) is 4.81. The van der Waals surface area contributed by atoms with Crippen molar-refractivity contribution in [1.29, 1.82) is 0 Å². The number of hydrogen-bond donors (Lipinski definition) is 1. The molecule has 6 nitrogen and oxygen atoms in total. The first-order valence-electron chi connectivity index (χ1n) is 7.57. The molecule has 1 aromatic carbocycles. The van der Waals surface area contributed by atoms with Crippen LogP contribution in [0, 0.1) is 12.8 Å². The monoisotopic (exact) mass is 387 g/mol. The molecule has 0 aliphatic carbocycles. The van der Waals surface area contributed by atoms with Crippen molar-refractivity contribution in [2.45, 2.75) is 19.8 Å². The molecule has 1 fully saturated rings. The van der Waals surface area contributed by atoms with E-state index in [-0.39, 0.29) is 18.4 Å². The van der Waals surface area contributed by atoms with Crippen molar-refractivity contribution in [3.05, 3.63) is 22.7 Å². The highest BCUT2D eigenvalue weighted by Crippen LogP contribution is 2.32. The molecule has 0 bridgehead atoms. The average molecular weight is 388 g/mol. The van der Waals surface area contributed by atoms with Crippen molar-refractivity contribution < 1.29 is 13.2 Å². The lowest BCUT2D eigenvalue weighted by molar-refractivity contribution is -0.120. The van der Waals surface area contributed by atoms with E-state index in [1.165, 1.54) is 21.9 Å². The molecule has 0 spiro atoms. The molecule has 2 aromatic rings. The van der Waals surface area contributed by atoms with E-state index in [9.17, 15) is 13.2 Å². The van der Waals surface area contributed by atoms with Crippen molar-refractivity contribution in [2.24, 2.45) is 5.92 Å². The van der Waals surface area contributed by atoms with Gasteiger partial charge in [0.25, 0.3) is 0 Å². The smallest absolute Gasteiger partial charge is 0.230 e. The van der Waals surface area contributed by atoms with E-state index in [0.717, 1.165) is 15.8 Å². The van der Waals surface area contributed by atoms with Crippen LogP contribution in [0.25, 0.3) is 10.2 Å². The number of sulfonamides is 1. The maximum Gasteiger partial charge on any atom is 0.230 e. The number of benzene rings is 1. The summed E-state index contributed by atoms with van der Waals surface area (Å²) in [5.41, 5.74) is 1.66. The second-order valence-corrected chi connectivity index (χ2v) is 9.41. The third kappa shape index (κ3) is 3.56. The predicted molar refractivity (Wildman–Crippen MR) is 97.1 cm³/mol. The number of halogens is 1. The van der Waals surface area contributed by atoms with E-state index in [1.807, 2.05) is 19.1 Å². The van der Waals surface area contributed by atoms with E-state index in [1.54, 1.807) is 0 Å². The number of nitrogens with zero attached hydrogens (tertiary/aromatic N) is 2. The van der Waals surface area contributed by atoms with Gasteiger partial charge in [-0.25, -0.2) is 17.7 Å². The van der Waals surface area contributed by atoms with Crippen molar-refractivity contribution in [3.63, 3.8) is 0 Å². The van der Waals surface area contributed by atoms with Gasteiger partial charge in [0.15, 0.2) is 5.13 Å². The minimum absolute atomic E-state index is 0.189. The van der Waals surface area contributed by atoms with Gasteiger partial charge in [0.1, 0.15) is 0 Å². The van der Waals surface area contributed by atoms with E-state index in [4.69, 9.17) is 11.6 Å². The van der Waals surface area contributed by atoms with E-state index in [0.29, 0.717) is 29.5 Å². The van der Waals surface area contributed by atoms with Gasteiger partial charge in [-0.1, -0.05) is 22.9 Å². The standard InChI is InChI=1S/C15H18ClN3O3S2/c1-9-11(16)5-6-12-13(9)17-15(23-12)18-14(20)10-4-3-7-19(8-10)24(2,21)22/h5-6,10H,3-4,7-8H2,1-2H3,(H,17,18,20). The number of anilines is 1. The number of piperidine rings is 1. The molecule has 0 radical (unpaired) electrons. The van der Waals surface area contributed by atoms with Crippen LogP contribution in [0.4, 0.5) is 5.13 Å². The average Bonchev–Trinajstić information content (AvgIpc) is 2.94. The van der Waals surface area contributed by atoms with Gasteiger partial charge in [0, 0.05) is 18.1 Å². The summed E-state index contributed by atoms with van der Waals surface area (Å²) in [5, 5.41) is 3.98. The Labute approximate surface area is 149 Å². The molecular weight excluding hydrogens is 370 g/mol. The minimum atomic E-state index is -3.27. The first-order valence-corrected chi connectivity index (χ1v) is 10.6. The third-order valence-corrected chi connectivity index (χ3v) is 6.82. The second kappa shape index (κ2) is 6.59. The molecule has 2 heterocycles. The van der Waals surface area contributed by atoms with Crippen LogP contribution in [0.3, 0.4) is 0 Å². The number of thiazole rings is 1. The molecule has 1 aromatic heterocycles. The van der Waals surface area contributed by atoms with E-state index >= 15 is 0 Å². The Balaban J connectivity index is 1.76. The van der Waals surface area contributed by atoms with Crippen LogP contribution in [0.15, 0.2) is 12.1 Å². The van der Waals surface area contributed by atoms with Gasteiger partial charge in [-0.3, -0.25) is 4.79 Å². The van der Waals surface area contributed by atoms with Gasteiger partial charge in [0.2, 0.25) is 15.9 Å². The molecule has 9 heteroatoms. The number of rotatable bonds is 3. The lowest BCUT2D eigenvalue weighted by atomic mass is 9.99. The summed E-state index contributed by atoms with van der Waals surface area (Å²) >= 11 is 7.48. The van der Waals surface area contributed by atoms with Crippen molar-refractivity contribution in [1.82, 2.24) is 9.29 Å². The maximum absolute atomic E-state index is 12.5. The van der Waals surface area contributed by atoms with Crippen LogP contribution in [-0.2, 0) is 14.8 Å². The predicted octanol–water partition coefficient (Wildman–Crippen LogP) is 2.87. The zero-order chi connectivity index (χ0) is 17.5. The zero-order valence-corrected chi connectivity index (χ0v) is 15.8. The number of nitrogens with one attached hydrogen (secondary N) is 1. The lowest BCUT2D eigenvalue weighted by Crippen LogP contribution is -2.43. The number of hydrogen-bond acceptors (Lipinski definition) is 5. The summed E-state index contributed by atoms with van der Waals surface area (Å²) in [6.07, 6.45) is 2.53. The number of aromatic nitrogens is 1.